The minimum absolute atomic E-state index is 0.134. The molecule has 156 valence electrons. The number of thiocarbonyl (C=S) groups is 1. The van der Waals surface area contributed by atoms with Crippen molar-refractivity contribution in [2.75, 3.05) is 45.3 Å². The molecule has 0 saturated carbocycles. The number of ether oxygens (including phenoxy) is 2. The summed E-state index contributed by atoms with van der Waals surface area (Å²) in [6, 6.07) is 5.82. The smallest absolute Gasteiger partial charge is 0.219 e. The summed E-state index contributed by atoms with van der Waals surface area (Å²) in [6.45, 7) is 7.37. The Morgan fingerprint density at radius 3 is 2.68 bits per heavy atom. The summed E-state index contributed by atoms with van der Waals surface area (Å²) in [6.07, 6.45) is 2.70. The highest BCUT2D eigenvalue weighted by Crippen LogP contribution is 2.28. The lowest BCUT2D eigenvalue weighted by Gasteiger charge is -2.39. The summed E-state index contributed by atoms with van der Waals surface area (Å²) in [5.41, 5.74) is 0.826. The van der Waals surface area contributed by atoms with Crippen molar-refractivity contribution in [2.24, 2.45) is 0 Å². The number of nitrogens with one attached hydrogen (secondary N) is 1. The first kappa shape index (κ1) is 22.7. The third-order valence-corrected chi connectivity index (χ3v) is 5.54. The normalized spacial score (nSPS) is 14.6. The van der Waals surface area contributed by atoms with Gasteiger partial charge in [-0.15, -0.1) is 0 Å². The molecule has 1 aliphatic rings. The van der Waals surface area contributed by atoms with E-state index in [1.807, 2.05) is 30.0 Å². The summed E-state index contributed by atoms with van der Waals surface area (Å²) in [4.78, 5) is 15.7. The molecule has 1 heterocycles. The van der Waals surface area contributed by atoms with Crippen LogP contribution in [0.25, 0.3) is 0 Å². The van der Waals surface area contributed by atoms with Crippen molar-refractivity contribution in [3.05, 3.63) is 23.2 Å². The Hall–Kier alpha value is -1.57. The van der Waals surface area contributed by atoms with E-state index in [0.29, 0.717) is 35.1 Å². The Kier molecular flexibility index (Phi) is 9.28. The number of hydrogen-bond donors (Lipinski definition) is 1. The fourth-order valence-corrected chi connectivity index (χ4v) is 3.98. The minimum Gasteiger partial charge on any atom is -0.495 e. The van der Waals surface area contributed by atoms with Crippen LogP contribution >= 0.6 is 23.8 Å². The van der Waals surface area contributed by atoms with Gasteiger partial charge in [-0.1, -0.05) is 11.6 Å². The van der Waals surface area contributed by atoms with E-state index in [1.54, 1.807) is 14.0 Å². The molecule has 1 amide bonds. The first-order chi connectivity index (χ1) is 13.5. The van der Waals surface area contributed by atoms with Crippen LogP contribution in [0.15, 0.2) is 18.2 Å². The maximum absolute atomic E-state index is 11.6. The lowest BCUT2D eigenvalue weighted by Crippen LogP contribution is -2.50. The summed E-state index contributed by atoms with van der Waals surface area (Å²) >= 11 is 12.0. The van der Waals surface area contributed by atoms with Gasteiger partial charge in [-0.25, -0.2) is 0 Å². The second-order valence-corrected chi connectivity index (χ2v) is 7.55. The van der Waals surface area contributed by atoms with Crippen LogP contribution in [-0.2, 0) is 9.53 Å². The number of halogens is 1. The molecule has 0 aromatic heterocycles. The molecule has 8 heteroatoms. The lowest BCUT2D eigenvalue weighted by atomic mass is 10.0. The maximum atomic E-state index is 11.6. The van der Waals surface area contributed by atoms with Crippen molar-refractivity contribution in [1.82, 2.24) is 9.80 Å². The number of anilines is 1. The fourth-order valence-electron chi connectivity index (χ4n) is 3.36. The zero-order valence-corrected chi connectivity index (χ0v) is 18.4. The van der Waals surface area contributed by atoms with Gasteiger partial charge in [-0.3, -0.25) is 4.79 Å². The molecule has 1 aliphatic heterocycles. The zero-order chi connectivity index (χ0) is 20.5. The van der Waals surface area contributed by atoms with Crippen LogP contribution in [0, 0.1) is 0 Å². The number of hydrogen-bond acceptors (Lipinski definition) is 4. The van der Waals surface area contributed by atoms with Gasteiger partial charge in [0.05, 0.1) is 12.1 Å². The monoisotopic (exact) mass is 427 g/mol. The van der Waals surface area contributed by atoms with Crippen molar-refractivity contribution >= 4 is 40.5 Å². The Morgan fingerprint density at radius 2 is 2.11 bits per heavy atom. The summed E-state index contributed by atoms with van der Waals surface area (Å²) in [7, 11) is 1.59. The number of piperidine rings is 1. The molecule has 0 spiro atoms. The number of rotatable bonds is 8. The lowest BCUT2D eigenvalue weighted by molar-refractivity contribution is -0.130. The molecule has 1 aromatic rings. The highest BCUT2D eigenvalue weighted by atomic mass is 35.5. The number of carbonyl (C=O) groups excluding carboxylic acids is 1. The van der Waals surface area contributed by atoms with Crippen LogP contribution in [0.2, 0.25) is 5.02 Å². The zero-order valence-electron chi connectivity index (χ0n) is 16.9. The standard InChI is InChI=1S/C20H30ClN3O3S/c1-4-27-13-5-10-24(17-8-11-23(12-9-17)15(2)25)20(28)22-16-6-7-19(26-3)18(21)14-16/h6-7,14,17H,4-5,8-13H2,1-3H3,(H,22,28). The van der Waals surface area contributed by atoms with Crippen LogP contribution in [0.5, 0.6) is 5.75 Å². The molecule has 1 fully saturated rings. The van der Waals surface area contributed by atoms with Crippen LogP contribution in [0.3, 0.4) is 0 Å². The number of methoxy groups -OCH3 is 1. The van der Waals surface area contributed by atoms with Crippen LogP contribution in [-0.4, -0.2) is 66.8 Å². The van der Waals surface area contributed by atoms with Crippen molar-refractivity contribution in [1.29, 1.82) is 0 Å². The van der Waals surface area contributed by atoms with Crippen molar-refractivity contribution < 1.29 is 14.3 Å². The van der Waals surface area contributed by atoms with Crippen molar-refractivity contribution in [3.63, 3.8) is 0 Å². The molecule has 1 N–H and O–H groups in total. The molecule has 6 nitrogen and oxygen atoms in total. The average molecular weight is 428 g/mol. The molecule has 0 atom stereocenters. The Labute approximate surface area is 178 Å². The quantitative estimate of drug-likeness (QED) is 0.503. The van der Waals surface area contributed by atoms with Gasteiger partial charge in [0, 0.05) is 51.5 Å². The minimum atomic E-state index is 0.134. The Balaban J connectivity index is 2.04. The highest BCUT2D eigenvalue weighted by molar-refractivity contribution is 7.80. The predicted molar refractivity (Wildman–Crippen MR) is 117 cm³/mol. The first-order valence-electron chi connectivity index (χ1n) is 9.70. The van der Waals surface area contributed by atoms with Crippen LogP contribution in [0.4, 0.5) is 5.69 Å². The Morgan fingerprint density at radius 1 is 1.39 bits per heavy atom. The van der Waals surface area contributed by atoms with Gasteiger partial charge in [0.15, 0.2) is 5.11 Å². The SMILES string of the molecule is CCOCCCN(C(=S)Nc1ccc(OC)c(Cl)c1)C1CCN(C(C)=O)CC1. The molecule has 1 aromatic carbocycles. The van der Waals surface area contributed by atoms with Crippen LogP contribution in [0.1, 0.15) is 33.1 Å². The average Bonchev–Trinajstić information content (AvgIpc) is 2.68. The van der Waals surface area contributed by atoms with Gasteiger partial charge in [0.1, 0.15) is 5.75 Å². The largest absolute Gasteiger partial charge is 0.495 e. The van der Waals surface area contributed by atoms with Gasteiger partial charge < -0.3 is 24.6 Å². The molecule has 0 bridgehead atoms. The van der Waals surface area contributed by atoms with E-state index >= 15 is 0 Å². The molecule has 0 aliphatic carbocycles. The number of likely N-dealkylation sites (tertiary alicyclic amines) is 1. The predicted octanol–water partition coefficient (Wildman–Crippen LogP) is 3.78. The van der Waals surface area contributed by atoms with Crippen molar-refractivity contribution in [2.45, 2.75) is 39.2 Å². The topological polar surface area (TPSA) is 54.0 Å². The van der Waals surface area contributed by atoms with E-state index < -0.39 is 0 Å². The fraction of sp³-hybridized carbons (Fsp3) is 0.600. The maximum Gasteiger partial charge on any atom is 0.219 e. The Bertz CT molecular complexity index is 666. The summed E-state index contributed by atoms with van der Waals surface area (Å²) in [5, 5.41) is 4.50. The van der Waals surface area contributed by atoms with Crippen LogP contribution < -0.4 is 10.1 Å². The third kappa shape index (κ3) is 6.50. The van der Waals surface area contributed by atoms with E-state index in [2.05, 4.69) is 10.2 Å². The first-order valence-corrected chi connectivity index (χ1v) is 10.5. The van der Waals surface area contributed by atoms with Gasteiger partial charge in [-0.05, 0) is 56.6 Å². The second kappa shape index (κ2) is 11.4. The third-order valence-electron chi connectivity index (χ3n) is 4.91. The van der Waals surface area contributed by atoms with Gasteiger partial charge in [-0.2, -0.15) is 0 Å². The molecule has 1 saturated heterocycles. The molecule has 0 unspecified atom stereocenters. The number of amides is 1. The van der Waals surface area contributed by atoms with Gasteiger partial charge >= 0.3 is 0 Å². The number of benzene rings is 1. The number of nitrogens with zero attached hydrogens (tertiary/aromatic N) is 2. The highest BCUT2D eigenvalue weighted by Gasteiger charge is 2.27. The van der Waals surface area contributed by atoms with E-state index in [4.69, 9.17) is 33.3 Å². The molecular formula is C20H30ClN3O3S. The van der Waals surface area contributed by atoms with E-state index in [9.17, 15) is 4.79 Å². The summed E-state index contributed by atoms with van der Waals surface area (Å²) in [5.74, 6) is 0.762. The van der Waals surface area contributed by atoms with Crippen molar-refractivity contribution in [3.8, 4) is 5.75 Å². The van der Waals surface area contributed by atoms with E-state index in [-0.39, 0.29) is 5.91 Å². The van der Waals surface area contributed by atoms with E-state index in [0.717, 1.165) is 44.6 Å². The van der Waals surface area contributed by atoms with Gasteiger partial charge in [0.25, 0.3) is 0 Å². The van der Waals surface area contributed by atoms with Gasteiger partial charge in [0.2, 0.25) is 5.91 Å². The molecular weight excluding hydrogens is 398 g/mol. The molecule has 28 heavy (non-hydrogen) atoms. The molecule has 0 radical (unpaired) electrons. The summed E-state index contributed by atoms with van der Waals surface area (Å²) < 4.78 is 10.7. The van der Waals surface area contributed by atoms with E-state index in [1.165, 1.54) is 0 Å². The second-order valence-electron chi connectivity index (χ2n) is 6.76. The number of carbonyl (C=O) groups is 1. The molecule has 2 rings (SSSR count).